The lowest BCUT2D eigenvalue weighted by Gasteiger charge is -1.89. The molecule has 0 amide bonds. The molecule has 2 radical (unpaired) electrons. The minimum Gasteiger partial charge on any atom is -0.336 e. The van der Waals surface area contributed by atoms with Crippen molar-refractivity contribution in [2.45, 2.75) is 0 Å². The third kappa shape index (κ3) is 1.21. The van der Waals surface area contributed by atoms with Crippen LogP contribution in [0.5, 0.6) is 0 Å². The van der Waals surface area contributed by atoms with Gasteiger partial charge in [-0.1, -0.05) is 11.3 Å². The molecule has 0 aliphatic rings. The smallest absolute Gasteiger partial charge is 0.160 e. The first-order valence-corrected chi connectivity index (χ1v) is 4.23. The Morgan fingerprint density at radius 3 is 3.18 bits per heavy atom. The topological polar surface area (TPSA) is 28.7 Å². The number of hydrogen-bond donors (Lipinski definition) is 1. The van der Waals surface area contributed by atoms with Gasteiger partial charge in [0, 0.05) is 0 Å². The summed E-state index contributed by atoms with van der Waals surface area (Å²) >= 11 is 6.37. The SMILES string of the molecule is [B]c1ccc2[nH]c(=S)sc2n1. The Labute approximate surface area is 73.7 Å². The van der Waals surface area contributed by atoms with Crippen molar-refractivity contribution in [2.24, 2.45) is 0 Å². The molecule has 11 heavy (non-hydrogen) atoms. The molecule has 0 saturated heterocycles. The number of pyridine rings is 1. The zero-order chi connectivity index (χ0) is 7.84. The van der Waals surface area contributed by atoms with E-state index in [1.807, 2.05) is 6.07 Å². The van der Waals surface area contributed by atoms with Crippen LogP contribution >= 0.6 is 23.6 Å². The standard InChI is InChI=1S/C6H3BN2S2/c7-4-2-1-3-5(9-4)11-6(10)8-3/h1-2H,(H,8,10). The van der Waals surface area contributed by atoms with Crippen LogP contribution < -0.4 is 5.59 Å². The third-order valence-electron chi connectivity index (χ3n) is 1.31. The average molecular weight is 178 g/mol. The zero-order valence-electron chi connectivity index (χ0n) is 5.50. The minimum atomic E-state index is 0.530. The number of thiazole rings is 1. The highest BCUT2D eigenvalue weighted by Gasteiger charge is 1.96. The molecule has 1 N–H and O–H groups in total. The summed E-state index contributed by atoms with van der Waals surface area (Å²) in [7, 11) is 5.48. The lowest BCUT2D eigenvalue weighted by atomic mass is 10.0. The molecule has 0 aliphatic heterocycles. The minimum absolute atomic E-state index is 0.530. The van der Waals surface area contributed by atoms with Crippen LogP contribution in [0.2, 0.25) is 0 Å². The average Bonchev–Trinajstić information content (AvgIpc) is 2.27. The van der Waals surface area contributed by atoms with Crippen molar-refractivity contribution >= 4 is 47.3 Å². The molecule has 0 saturated carbocycles. The molecule has 0 bridgehead atoms. The van der Waals surface area contributed by atoms with E-state index in [0.717, 1.165) is 14.3 Å². The fourth-order valence-corrected chi connectivity index (χ4v) is 1.91. The van der Waals surface area contributed by atoms with E-state index < -0.39 is 0 Å². The molecule has 2 rings (SSSR count). The Balaban J connectivity index is 2.92. The summed E-state index contributed by atoms with van der Waals surface area (Å²) in [5, 5.41) is 0. The summed E-state index contributed by atoms with van der Waals surface area (Å²) in [6, 6.07) is 3.63. The molecule has 0 spiro atoms. The van der Waals surface area contributed by atoms with E-state index in [-0.39, 0.29) is 0 Å². The van der Waals surface area contributed by atoms with E-state index in [2.05, 4.69) is 9.97 Å². The van der Waals surface area contributed by atoms with Crippen LogP contribution in [-0.4, -0.2) is 17.8 Å². The molecule has 0 aromatic carbocycles. The molecule has 5 heteroatoms. The highest BCUT2D eigenvalue weighted by atomic mass is 32.1. The second-order valence-corrected chi connectivity index (χ2v) is 3.77. The summed E-state index contributed by atoms with van der Waals surface area (Å²) in [4.78, 5) is 7.97. The Bertz CT molecular complexity index is 445. The molecular formula is C6H3BN2S2. The van der Waals surface area contributed by atoms with Crippen molar-refractivity contribution in [1.29, 1.82) is 0 Å². The van der Waals surface area contributed by atoms with Gasteiger partial charge in [0.15, 0.2) is 3.95 Å². The van der Waals surface area contributed by atoms with Crippen LogP contribution in [0.3, 0.4) is 0 Å². The van der Waals surface area contributed by atoms with Gasteiger partial charge in [-0.05, 0) is 29.9 Å². The molecule has 0 fully saturated rings. The van der Waals surface area contributed by atoms with Gasteiger partial charge >= 0.3 is 0 Å². The fraction of sp³-hybridized carbons (Fsp3) is 0. The van der Waals surface area contributed by atoms with Gasteiger partial charge in [-0.25, -0.2) is 0 Å². The number of H-pyrrole nitrogens is 1. The van der Waals surface area contributed by atoms with Gasteiger partial charge in [0.2, 0.25) is 0 Å². The quantitative estimate of drug-likeness (QED) is 0.484. The number of hydrogen-bond acceptors (Lipinski definition) is 3. The Morgan fingerprint density at radius 2 is 2.36 bits per heavy atom. The molecule has 2 aromatic heterocycles. The highest BCUT2D eigenvalue weighted by Crippen LogP contribution is 2.14. The first kappa shape index (κ1) is 7.00. The van der Waals surface area contributed by atoms with Crippen LogP contribution in [0.1, 0.15) is 0 Å². The predicted molar refractivity (Wildman–Crippen MR) is 50.2 cm³/mol. The molecule has 2 heterocycles. The Kier molecular flexibility index (Phi) is 1.54. The molecule has 0 atom stereocenters. The Morgan fingerprint density at radius 1 is 1.55 bits per heavy atom. The van der Waals surface area contributed by atoms with E-state index in [9.17, 15) is 0 Å². The first-order valence-electron chi connectivity index (χ1n) is 3.01. The van der Waals surface area contributed by atoms with Crippen molar-refractivity contribution in [2.75, 3.05) is 0 Å². The van der Waals surface area contributed by atoms with Crippen molar-refractivity contribution in [3.8, 4) is 0 Å². The summed E-state index contributed by atoms with van der Waals surface area (Å²) < 4.78 is 0.734. The number of nitrogens with zero attached hydrogens (tertiary/aromatic N) is 1. The predicted octanol–water partition coefficient (Wildman–Crippen LogP) is 1.15. The number of nitrogens with one attached hydrogen (secondary N) is 1. The molecule has 2 nitrogen and oxygen atoms in total. The van der Waals surface area contributed by atoms with Gasteiger partial charge < -0.3 is 4.98 Å². The summed E-state index contributed by atoms with van der Waals surface area (Å²) in [6.45, 7) is 0. The third-order valence-corrected chi connectivity index (χ3v) is 2.45. The van der Waals surface area contributed by atoms with Crippen molar-refractivity contribution < 1.29 is 0 Å². The van der Waals surface area contributed by atoms with Gasteiger partial charge in [-0.3, -0.25) is 4.98 Å². The fourth-order valence-electron chi connectivity index (χ4n) is 0.851. The molecular weight excluding hydrogens is 175 g/mol. The summed E-state index contributed by atoms with van der Waals surface area (Å²) in [5.41, 5.74) is 1.48. The van der Waals surface area contributed by atoms with Crippen LogP contribution in [0.15, 0.2) is 12.1 Å². The second-order valence-electron chi connectivity index (χ2n) is 2.10. The van der Waals surface area contributed by atoms with E-state index in [1.165, 1.54) is 11.3 Å². The van der Waals surface area contributed by atoms with Crippen molar-refractivity contribution in [3.63, 3.8) is 0 Å². The van der Waals surface area contributed by atoms with E-state index >= 15 is 0 Å². The van der Waals surface area contributed by atoms with E-state index in [1.54, 1.807) is 6.07 Å². The normalized spacial score (nSPS) is 10.5. The van der Waals surface area contributed by atoms with Crippen LogP contribution in [0, 0.1) is 3.95 Å². The number of fused-ring (bicyclic) bond motifs is 1. The summed E-state index contributed by atoms with van der Waals surface area (Å²) in [5.74, 6) is 0. The molecule has 2 aromatic rings. The first-order chi connectivity index (χ1) is 5.25. The maximum Gasteiger partial charge on any atom is 0.160 e. The summed E-state index contributed by atoms with van der Waals surface area (Å²) in [6.07, 6.45) is 0. The van der Waals surface area contributed by atoms with E-state index in [4.69, 9.17) is 20.1 Å². The van der Waals surface area contributed by atoms with Crippen molar-refractivity contribution in [3.05, 3.63) is 16.1 Å². The van der Waals surface area contributed by atoms with Gasteiger partial charge in [0.1, 0.15) is 12.7 Å². The monoisotopic (exact) mass is 178 g/mol. The van der Waals surface area contributed by atoms with Gasteiger partial charge in [0.25, 0.3) is 0 Å². The lowest BCUT2D eigenvalue weighted by Crippen LogP contribution is -2.05. The molecule has 0 aliphatic carbocycles. The molecule has 0 unspecified atom stereocenters. The van der Waals surface area contributed by atoms with Crippen LogP contribution in [0.4, 0.5) is 0 Å². The van der Waals surface area contributed by atoms with Crippen molar-refractivity contribution in [1.82, 2.24) is 9.97 Å². The van der Waals surface area contributed by atoms with E-state index in [0.29, 0.717) is 5.59 Å². The van der Waals surface area contributed by atoms with Crippen LogP contribution in [0.25, 0.3) is 10.3 Å². The highest BCUT2D eigenvalue weighted by molar-refractivity contribution is 7.73. The largest absolute Gasteiger partial charge is 0.336 e. The molecule has 52 valence electrons. The van der Waals surface area contributed by atoms with Gasteiger partial charge in [-0.15, -0.1) is 0 Å². The number of aromatic nitrogens is 2. The Hall–Kier alpha value is -0.675. The van der Waals surface area contributed by atoms with Gasteiger partial charge in [0.05, 0.1) is 5.52 Å². The maximum atomic E-state index is 5.48. The lowest BCUT2D eigenvalue weighted by molar-refractivity contribution is 1.44. The maximum absolute atomic E-state index is 5.48. The second kappa shape index (κ2) is 2.42. The number of rotatable bonds is 0. The van der Waals surface area contributed by atoms with Crippen LogP contribution in [-0.2, 0) is 0 Å². The zero-order valence-corrected chi connectivity index (χ0v) is 7.13. The van der Waals surface area contributed by atoms with Gasteiger partial charge in [-0.2, -0.15) is 0 Å². The number of aromatic amines is 1.